The normalized spacial score (nSPS) is 20.9. The molecule has 9 heteroatoms. The van der Waals surface area contributed by atoms with Gasteiger partial charge in [-0.1, -0.05) is 0 Å². The number of anilines is 1. The quantitative estimate of drug-likeness (QED) is 0.773. The van der Waals surface area contributed by atoms with Crippen molar-refractivity contribution in [3.8, 4) is 11.4 Å². The summed E-state index contributed by atoms with van der Waals surface area (Å²) in [6.45, 7) is 3.59. The standard InChI is InChI=1S/C17H19F2N7/c1-17(20)5-2-6-25(9-17)15-7-12(22-10-23-15)13-8-21-14-4-3-11(16(18)19)24-26(13)14/h3-4,7-8,10,16H,2,5-6,9,20H2,1H3. The molecule has 3 aromatic rings. The van der Waals surface area contributed by atoms with Crippen molar-refractivity contribution in [2.24, 2.45) is 5.73 Å². The lowest BCUT2D eigenvalue weighted by molar-refractivity contribution is 0.144. The van der Waals surface area contributed by atoms with Crippen LogP contribution >= 0.6 is 0 Å². The van der Waals surface area contributed by atoms with Crippen molar-refractivity contribution in [2.45, 2.75) is 31.7 Å². The highest BCUT2D eigenvalue weighted by atomic mass is 19.3. The molecular weight excluding hydrogens is 340 g/mol. The molecule has 0 saturated carbocycles. The van der Waals surface area contributed by atoms with E-state index >= 15 is 0 Å². The van der Waals surface area contributed by atoms with Crippen molar-refractivity contribution in [3.05, 3.63) is 36.4 Å². The van der Waals surface area contributed by atoms with E-state index in [-0.39, 0.29) is 11.2 Å². The van der Waals surface area contributed by atoms with Crippen molar-refractivity contribution in [1.82, 2.24) is 24.6 Å². The first kappa shape index (κ1) is 16.8. The van der Waals surface area contributed by atoms with Crippen LogP contribution in [0.5, 0.6) is 0 Å². The Morgan fingerprint density at radius 3 is 2.85 bits per heavy atom. The molecule has 3 aromatic heterocycles. The number of hydrogen-bond acceptors (Lipinski definition) is 6. The minimum Gasteiger partial charge on any atom is -0.355 e. The average molecular weight is 359 g/mol. The highest BCUT2D eigenvalue weighted by Crippen LogP contribution is 2.26. The van der Waals surface area contributed by atoms with Crippen LogP contribution in [0.4, 0.5) is 14.6 Å². The van der Waals surface area contributed by atoms with Crippen molar-refractivity contribution >= 4 is 11.5 Å². The highest BCUT2D eigenvalue weighted by molar-refractivity contribution is 5.62. The Hall–Kier alpha value is -2.68. The molecule has 0 aromatic carbocycles. The number of fused-ring (bicyclic) bond motifs is 1. The number of aromatic nitrogens is 5. The molecule has 0 spiro atoms. The van der Waals surface area contributed by atoms with Gasteiger partial charge in [0.05, 0.1) is 11.9 Å². The van der Waals surface area contributed by atoms with Crippen LogP contribution in [0.2, 0.25) is 0 Å². The lowest BCUT2D eigenvalue weighted by Crippen LogP contribution is -2.52. The van der Waals surface area contributed by atoms with Crippen LogP contribution < -0.4 is 10.6 Å². The Labute approximate surface area is 148 Å². The first-order chi connectivity index (χ1) is 12.4. The Morgan fingerprint density at radius 1 is 1.23 bits per heavy atom. The highest BCUT2D eigenvalue weighted by Gasteiger charge is 2.28. The van der Waals surface area contributed by atoms with Crippen molar-refractivity contribution < 1.29 is 8.78 Å². The summed E-state index contributed by atoms with van der Waals surface area (Å²) >= 11 is 0. The first-order valence-electron chi connectivity index (χ1n) is 8.42. The molecule has 0 radical (unpaired) electrons. The third kappa shape index (κ3) is 3.10. The minimum atomic E-state index is -2.65. The summed E-state index contributed by atoms with van der Waals surface area (Å²) in [7, 11) is 0. The third-order valence-electron chi connectivity index (χ3n) is 4.57. The van der Waals surface area contributed by atoms with E-state index in [1.54, 1.807) is 6.20 Å². The molecule has 1 saturated heterocycles. The Bertz CT molecular complexity index is 938. The molecule has 0 amide bonds. The van der Waals surface area contributed by atoms with E-state index < -0.39 is 6.43 Å². The number of alkyl halides is 2. The van der Waals surface area contributed by atoms with E-state index in [0.29, 0.717) is 23.6 Å². The monoisotopic (exact) mass is 359 g/mol. The number of piperidine rings is 1. The molecule has 4 rings (SSSR count). The fraction of sp³-hybridized carbons (Fsp3) is 0.412. The van der Waals surface area contributed by atoms with E-state index in [0.717, 1.165) is 25.2 Å². The maximum absolute atomic E-state index is 13.0. The molecule has 2 N–H and O–H groups in total. The molecule has 0 bridgehead atoms. The number of nitrogens with two attached hydrogens (primary N) is 1. The van der Waals surface area contributed by atoms with E-state index in [1.807, 2.05) is 13.0 Å². The van der Waals surface area contributed by atoms with Crippen LogP contribution in [-0.4, -0.2) is 43.2 Å². The number of imidazole rings is 1. The third-order valence-corrected chi connectivity index (χ3v) is 4.57. The fourth-order valence-electron chi connectivity index (χ4n) is 3.30. The maximum atomic E-state index is 13.0. The van der Waals surface area contributed by atoms with Crippen molar-refractivity contribution in [2.75, 3.05) is 18.0 Å². The van der Waals surface area contributed by atoms with Gasteiger partial charge >= 0.3 is 0 Å². The van der Waals surface area contributed by atoms with E-state index in [4.69, 9.17) is 5.73 Å². The van der Waals surface area contributed by atoms with Gasteiger partial charge in [-0.2, -0.15) is 5.10 Å². The molecule has 0 aliphatic carbocycles. The summed E-state index contributed by atoms with van der Waals surface area (Å²) in [5.41, 5.74) is 7.31. The molecule has 26 heavy (non-hydrogen) atoms. The first-order valence-corrected chi connectivity index (χ1v) is 8.42. The van der Waals surface area contributed by atoms with Crippen LogP contribution in [0.1, 0.15) is 31.9 Å². The SMILES string of the molecule is CC1(N)CCCN(c2cc(-c3cnc4ccc(C(F)F)nn34)ncn2)C1. The van der Waals surface area contributed by atoms with Crippen LogP contribution in [0, 0.1) is 0 Å². The van der Waals surface area contributed by atoms with Crippen LogP contribution in [0.3, 0.4) is 0 Å². The zero-order valence-corrected chi connectivity index (χ0v) is 14.3. The summed E-state index contributed by atoms with van der Waals surface area (Å²) in [6, 6.07) is 4.62. The smallest absolute Gasteiger partial charge is 0.282 e. The predicted molar refractivity (Wildman–Crippen MR) is 93.0 cm³/mol. The number of nitrogens with zero attached hydrogens (tertiary/aromatic N) is 6. The van der Waals surface area contributed by atoms with Gasteiger partial charge in [-0.05, 0) is 31.9 Å². The van der Waals surface area contributed by atoms with Crippen LogP contribution in [0.15, 0.2) is 30.7 Å². The largest absolute Gasteiger partial charge is 0.355 e. The van der Waals surface area contributed by atoms with Gasteiger partial charge in [0, 0.05) is 24.7 Å². The van der Waals surface area contributed by atoms with Gasteiger partial charge in [-0.15, -0.1) is 0 Å². The molecule has 1 unspecified atom stereocenters. The van der Waals surface area contributed by atoms with Gasteiger partial charge in [0.2, 0.25) is 0 Å². The Kier molecular flexibility index (Phi) is 4.03. The lowest BCUT2D eigenvalue weighted by Gasteiger charge is -2.38. The van der Waals surface area contributed by atoms with E-state index in [2.05, 4.69) is 25.0 Å². The second kappa shape index (κ2) is 6.24. The maximum Gasteiger partial charge on any atom is 0.282 e. The van der Waals surface area contributed by atoms with Crippen LogP contribution in [0.25, 0.3) is 17.0 Å². The fourth-order valence-corrected chi connectivity index (χ4v) is 3.30. The molecule has 1 atom stereocenters. The summed E-state index contributed by atoms with van der Waals surface area (Å²) < 4.78 is 27.3. The topological polar surface area (TPSA) is 85.2 Å². The molecule has 1 aliphatic rings. The van der Waals surface area contributed by atoms with E-state index in [1.165, 1.54) is 23.0 Å². The molecular formula is C17H19F2N7. The second-order valence-electron chi connectivity index (χ2n) is 6.91. The summed E-state index contributed by atoms with van der Waals surface area (Å²) in [4.78, 5) is 15.0. The Morgan fingerprint density at radius 2 is 2.08 bits per heavy atom. The van der Waals surface area contributed by atoms with Crippen molar-refractivity contribution in [1.29, 1.82) is 0 Å². The predicted octanol–water partition coefficient (Wildman–Crippen LogP) is 2.44. The Balaban J connectivity index is 1.73. The second-order valence-corrected chi connectivity index (χ2v) is 6.91. The summed E-state index contributed by atoms with van der Waals surface area (Å²) in [6.07, 6.45) is 2.35. The number of halogens is 2. The number of rotatable bonds is 3. The van der Waals surface area contributed by atoms with Crippen LogP contribution in [-0.2, 0) is 0 Å². The molecule has 7 nitrogen and oxygen atoms in total. The van der Waals surface area contributed by atoms with Crippen molar-refractivity contribution in [3.63, 3.8) is 0 Å². The number of hydrogen-bond donors (Lipinski definition) is 1. The van der Waals surface area contributed by atoms with Gasteiger partial charge in [0.25, 0.3) is 6.43 Å². The summed E-state index contributed by atoms with van der Waals surface area (Å²) in [5.74, 6) is 0.756. The van der Waals surface area contributed by atoms with Gasteiger partial charge in [0.1, 0.15) is 23.5 Å². The minimum absolute atomic E-state index is 0.263. The van der Waals surface area contributed by atoms with E-state index in [9.17, 15) is 8.78 Å². The molecule has 136 valence electrons. The zero-order valence-electron chi connectivity index (χ0n) is 14.3. The lowest BCUT2D eigenvalue weighted by atomic mass is 9.92. The van der Waals surface area contributed by atoms with Gasteiger partial charge in [0.15, 0.2) is 5.65 Å². The summed E-state index contributed by atoms with van der Waals surface area (Å²) in [5, 5.41) is 3.99. The van der Waals surface area contributed by atoms with Gasteiger partial charge in [-0.25, -0.2) is 28.2 Å². The van der Waals surface area contributed by atoms with Gasteiger partial charge in [-0.3, -0.25) is 0 Å². The molecule has 4 heterocycles. The molecule has 1 fully saturated rings. The van der Waals surface area contributed by atoms with Gasteiger partial charge < -0.3 is 10.6 Å². The molecule has 1 aliphatic heterocycles. The average Bonchev–Trinajstić information content (AvgIpc) is 3.04. The zero-order chi connectivity index (χ0) is 18.3.